The summed E-state index contributed by atoms with van der Waals surface area (Å²) in [5, 5.41) is 6.56. The van der Waals surface area contributed by atoms with E-state index in [4.69, 9.17) is 0 Å². The van der Waals surface area contributed by atoms with Gasteiger partial charge >= 0.3 is 0 Å². The number of nitrogens with one attached hydrogen (secondary N) is 2. The number of amides is 2. The first kappa shape index (κ1) is 27.8. The van der Waals surface area contributed by atoms with Crippen LogP contribution >= 0.6 is 0 Å². The van der Waals surface area contributed by atoms with Gasteiger partial charge in [-0.25, -0.2) is 0 Å². The molecular weight excluding hydrogens is 470 g/mol. The van der Waals surface area contributed by atoms with E-state index in [0.717, 1.165) is 69.4 Å². The van der Waals surface area contributed by atoms with Crippen LogP contribution in [0, 0.1) is 11.3 Å². The van der Waals surface area contributed by atoms with Crippen LogP contribution in [0.15, 0.2) is 72.8 Å². The highest BCUT2D eigenvalue weighted by atomic mass is 16.2. The summed E-state index contributed by atoms with van der Waals surface area (Å²) < 4.78 is 0. The Hall–Kier alpha value is -3.18. The summed E-state index contributed by atoms with van der Waals surface area (Å²) in [7, 11) is 0. The molecule has 2 aliphatic rings. The summed E-state index contributed by atoms with van der Waals surface area (Å²) in [6.45, 7) is 7.20. The van der Waals surface area contributed by atoms with Crippen molar-refractivity contribution in [2.24, 2.45) is 11.3 Å². The molecule has 2 atom stereocenters. The quantitative estimate of drug-likeness (QED) is 0.455. The van der Waals surface area contributed by atoms with E-state index in [1.54, 1.807) is 0 Å². The van der Waals surface area contributed by atoms with Crippen LogP contribution in [0.4, 0.5) is 0 Å². The Kier molecular flexibility index (Phi) is 9.94. The van der Waals surface area contributed by atoms with Crippen molar-refractivity contribution >= 4 is 17.9 Å². The first-order valence-electron chi connectivity index (χ1n) is 14.2. The van der Waals surface area contributed by atoms with Gasteiger partial charge in [0.1, 0.15) is 6.04 Å². The molecule has 0 radical (unpaired) electrons. The van der Waals surface area contributed by atoms with Crippen molar-refractivity contribution in [1.29, 1.82) is 0 Å². The van der Waals surface area contributed by atoms with E-state index in [-0.39, 0.29) is 11.8 Å². The third-order valence-electron chi connectivity index (χ3n) is 8.07. The molecule has 202 valence electrons. The molecule has 38 heavy (non-hydrogen) atoms. The van der Waals surface area contributed by atoms with E-state index in [0.29, 0.717) is 12.3 Å². The third-order valence-corrected chi connectivity index (χ3v) is 8.07. The topological polar surface area (TPSA) is 61.4 Å². The number of rotatable bonds is 9. The number of likely N-dealkylation sites (tertiary alicyclic amines) is 1. The molecular formula is C33H43N3O2. The highest BCUT2D eigenvalue weighted by Gasteiger charge is 2.38. The van der Waals surface area contributed by atoms with Gasteiger partial charge in [-0.05, 0) is 74.7 Å². The number of nitrogens with zero attached hydrogens (tertiary/aromatic N) is 1. The van der Waals surface area contributed by atoms with Gasteiger partial charge in [0.2, 0.25) is 11.8 Å². The SMILES string of the molecule is C/C=C\C=C/c1ccc(CC(NC(=O)C2(C)CCNCC2)C(=O)N2CCCC(Cc3ccccc3)C2)cc1. The largest absolute Gasteiger partial charge is 0.343 e. The Morgan fingerprint density at radius 2 is 1.79 bits per heavy atom. The molecule has 2 aromatic carbocycles. The van der Waals surface area contributed by atoms with Crippen LogP contribution < -0.4 is 10.6 Å². The monoisotopic (exact) mass is 513 g/mol. The van der Waals surface area contributed by atoms with Gasteiger partial charge in [0, 0.05) is 24.9 Å². The number of carbonyl (C=O) groups is 2. The number of benzene rings is 2. The summed E-state index contributed by atoms with van der Waals surface area (Å²) >= 11 is 0. The minimum atomic E-state index is -0.561. The molecule has 2 aromatic rings. The van der Waals surface area contributed by atoms with Gasteiger partial charge in [-0.3, -0.25) is 9.59 Å². The predicted molar refractivity (Wildman–Crippen MR) is 156 cm³/mol. The predicted octanol–water partition coefficient (Wildman–Crippen LogP) is 5.17. The van der Waals surface area contributed by atoms with Crippen molar-refractivity contribution in [2.75, 3.05) is 26.2 Å². The highest BCUT2D eigenvalue weighted by molar-refractivity contribution is 5.90. The highest BCUT2D eigenvalue weighted by Crippen LogP contribution is 2.29. The van der Waals surface area contributed by atoms with Gasteiger partial charge in [-0.15, -0.1) is 0 Å². The molecule has 0 aromatic heterocycles. The van der Waals surface area contributed by atoms with E-state index < -0.39 is 11.5 Å². The molecule has 0 spiro atoms. The van der Waals surface area contributed by atoms with Gasteiger partial charge in [0.15, 0.2) is 0 Å². The molecule has 0 saturated carbocycles. The van der Waals surface area contributed by atoms with Crippen molar-refractivity contribution in [3.8, 4) is 0 Å². The van der Waals surface area contributed by atoms with Gasteiger partial charge in [-0.2, -0.15) is 0 Å². The lowest BCUT2D eigenvalue weighted by molar-refractivity contribution is -0.141. The van der Waals surface area contributed by atoms with E-state index in [1.165, 1.54) is 5.56 Å². The second kappa shape index (κ2) is 13.6. The summed E-state index contributed by atoms with van der Waals surface area (Å²) in [6.07, 6.45) is 13.3. The lowest BCUT2D eigenvalue weighted by atomic mass is 9.80. The third kappa shape index (κ3) is 7.67. The Labute approximate surface area is 228 Å². The zero-order valence-electron chi connectivity index (χ0n) is 23.0. The lowest BCUT2D eigenvalue weighted by Crippen LogP contribution is -2.56. The molecule has 2 saturated heterocycles. The molecule has 5 nitrogen and oxygen atoms in total. The summed E-state index contributed by atoms with van der Waals surface area (Å²) in [6, 6.07) is 18.3. The number of carbonyl (C=O) groups excluding carboxylic acids is 2. The average molecular weight is 514 g/mol. The maximum atomic E-state index is 13.9. The second-order valence-corrected chi connectivity index (χ2v) is 11.1. The van der Waals surface area contributed by atoms with Crippen molar-refractivity contribution in [3.63, 3.8) is 0 Å². The van der Waals surface area contributed by atoms with Crippen LogP contribution in [0.5, 0.6) is 0 Å². The smallest absolute Gasteiger partial charge is 0.245 e. The first-order valence-corrected chi connectivity index (χ1v) is 14.2. The van der Waals surface area contributed by atoms with Crippen molar-refractivity contribution in [2.45, 2.75) is 58.4 Å². The molecule has 0 bridgehead atoms. The lowest BCUT2D eigenvalue weighted by Gasteiger charge is -2.37. The molecule has 2 heterocycles. The minimum Gasteiger partial charge on any atom is -0.343 e. The Morgan fingerprint density at radius 1 is 1.05 bits per heavy atom. The fourth-order valence-corrected chi connectivity index (χ4v) is 5.62. The number of hydrogen-bond donors (Lipinski definition) is 2. The van der Waals surface area contributed by atoms with Crippen molar-refractivity contribution in [3.05, 3.63) is 89.5 Å². The summed E-state index contributed by atoms with van der Waals surface area (Å²) in [5.74, 6) is 0.489. The fraction of sp³-hybridized carbons (Fsp3) is 0.455. The van der Waals surface area contributed by atoms with Crippen molar-refractivity contribution in [1.82, 2.24) is 15.5 Å². The number of hydrogen-bond acceptors (Lipinski definition) is 3. The van der Waals surface area contributed by atoms with Crippen LogP contribution in [-0.4, -0.2) is 48.9 Å². The average Bonchev–Trinajstić information content (AvgIpc) is 2.94. The molecule has 2 amide bonds. The van der Waals surface area contributed by atoms with E-state index >= 15 is 0 Å². The van der Waals surface area contributed by atoms with E-state index in [2.05, 4.69) is 65.2 Å². The van der Waals surface area contributed by atoms with Gasteiger partial charge in [-0.1, -0.05) is 85.8 Å². The Morgan fingerprint density at radius 3 is 2.50 bits per heavy atom. The molecule has 2 unspecified atom stereocenters. The first-order chi connectivity index (χ1) is 18.5. The Bertz CT molecular complexity index is 1100. The summed E-state index contributed by atoms with van der Waals surface area (Å²) in [5.41, 5.74) is 3.04. The van der Waals surface area contributed by atoms with E-state index in [1.807, 2.05) is 43.0 Å². The molecule has 0 aliphatic carbocycles. The molecule has 2 aliphatic heterocycles. The van der Waals surface area contributed by atoms with Crippen LogP contribution in [-0.2, 0) is 22.4 Å². The zero-order valence-corrected chi connectivity index (χ0v) is 23.0. The molecule has 4 rings (SSSR count). The zero-order chi connectivity index (χ0) is 26.8. The number of piperidine rings is 2. The Balaban J connectivity index is 1.48. The van der Waals surface area contributed by atoms with Gasteiger partial charge < -0.3 is 15.5 Å². The molecule has 2 N–H and O–H groups in total. The summed E-state index contributed by atoms with van der Waals surface area (Å²) in [4.78, 5) is 29.4. The van der Waals surface area contributed by atoms with Crippen LogP contribution in [0.2, 0.25) is 0 Å². The van der Waals surface area contributed by atoms with E-state index in [9.17, 15) is 9.59 Å². The maximum Gasteiger partial charge on any atom is 0.245 e. The molecule has 2 fully saturated rings. The van der Waals surface area contributed by atoms with Crippen LogP contribution in [0.3, 0.4) is 0 Å². The van der Waals surface area contributed by atoms with Crippen LogP contribution in [0.1, 0.15) is 56.2 Å². The van der Waals surface area contributed by atoms with Crippen LogP contribution in [0.25, 0.3) is 6.08 Å². The maximum absolute atomic E-state index is 13.9. The normalized spacial score (nSPS) is 20.5. The fourth-order valence-electron chi connectivity index (χ4n) is 5.62. The van der Waals surface area contributed by atoms with Gasteiger partial charge in [0.05, 0.1) is 0 Å². The number of allylic oxidation sites excluding steroid dienone is 3. The standard InChI is InChI=1S/C33H43N3O2/c1-3-4-6-10-26-14-16-28(17-15-26)24-30(35-32(38)33(2)18-20-34-21-19-33)31(37)36-22-9-13-29(25-36)23-27-11-7-5-8-12-27/h3-8,10-12,14-17,29-30,34H,9,13,18-25H2,1-2H3,(H,35,38)/b4-3-,10-6-. The van der Waals surface area contributed by atoms with Crippen molar-refractivity contribution < 1.29 is 9.59 Å². The van der Waals surface area contributed by atoms with Gasteiger partial charge in [0.25, 0.3) is 0 Å². The minimum absolute atomic E-state index is 0.00102. The molecule has 5 heteroatoms. The second-order valence-electron chi connectivity index (χ2n) is 11.1.